The second-order valence-corrected chi connectivity index (χ2v) is 5.74. The van der Waals surface area contributed by atoms with Gasteiger partial charge in [0.15, 0.2) is 27.9 Å². The summed E-state index contributed by atoms with van der Waals surface area (Å²) in [5.74, 6) is -0.326. The van der Waals surface area contributed by atoms with Gasteiger partial charge in [-0.3, -0.25) is 9.36 Å². The first kappa shape index (κ1) is 16.1. The monoisotopic (exact) mass is 387 g/mol. The van der Waals surface area contributed by atoms with E-state index in [0.717, 1.165) is 0 Å². The van der Waals surface area contributed by atoms with Crippen LogP contribution >= 0.6 is 15.9 Å². The Balaban J connectivity index is 1.94. The van der Waals surface area contributed by atoms with Crippen LogP contribution in [0.1, 0.15) is 13.2 Å². The number of aliphatic hydroxyl groups excluding tert-OH is 2. The zero-order chi connectivity index (χ0) is 16.7. The number of carbonyl (C=O) groups is 1. The van der Waals surface area contributed by atoms with E-state index >= 15 is 0 Å². The Labute approximate surface area is 138 Å². The zero-order valence-corrected chi connectivity index (χ0v) is 13.5. The molecule has 0 bridgehead atoms. The lowest BCUT2D eigenvalue weighted by Gasteiger charge is -2.17. The van der Waals surface area contributed by atoms with Crippen LogP contribution in [0.4, 0.5) is 5.82 Å². The second kappa shape index (κ2) is 6.00. The topological polar surface area (TPSA) is 146 Å². The average Bonchev–Trinajstić information content (AvgIpc) is 2.96. The number of nitrogens with two attached hydrogens (primary N) is 1. The van der Waals surface area contributed by atoms with E-state index in [-0.39, 0.29) is 12.4 Å². The molecular formula is C12H14BrN5O5. The minimum Gasteiger partial charge on any atom is -0.463 e. The molecule has 1 aliphatic heterocycles. The van der Waals surface area contributed by atoms with Crippen molar-refractivity contribution >= 4 is 38.9 Å². The van der Waals surface area contributed by atoms with Crippen molar-refractivity contribution in [1.29, 1.82) is 0 Å². The molecule has 2 aromatic rings. The van der Waals surface area contributed by atoms with E-state index in [2.05, 4.69) is 30.9 Å². The number of rotatable bonds is 3. The van der Waals surface area contributed by atoms with Crippen LogP contribution in [0, 0.1) is 0 Å². The predicted molar refractivity (Wildman–Crippen MR) is 80.0 cm³/mol. The van der Waals surface area contributed by atoms with Crippen LogP contribution in [0.25, 0.3) is 11.2 Å². The number of nitrogens with zero attached hydrogens (tertiary/aromatic N) is 4. The van der Waals surface area contributed by atoms with Crippen molar-refractivity contribution in [2.24, 2.45) is 0 Å². The fourth-order valence-corrected chi connectivity index (χ4v) is 2.95. The number of fused-ring (bicyclic) bond motifs is 1. The quantitative estimate of drug-likeness (QED) is 0.461. The molecule has 0 aliphatic carbocycles. The largest absolute Gasteiger partial charge is 0.463 e. The Morgan fingerprint density at radius 1 is 1.48 bits per heavy atom. The van der Waals surface area contributed by atoms with Crippen molar-refractivity contribution in [3.63, 3.8) is 0 Å². The molecule has 0 aromatic carbocycles. The molecule has 0 saturated carbocycles. The zero-order valence-electron chi connectivity index (χ0n) is 12.0. The van der Waals surface area contributed by atoms with Crippen LogP contribution in [0.5, 0.6) is 0 Å². The Hall–Kier alpha value is -1.82. The first-order chi connectivity index (χ1) is 10.9. The third-order valence-corrected chi connectivity index (χ3v) is 4.06. The number of aromatic nitrogens is 4. The highest BCUT2D eigenvalue weighted by Crippen LogP contribution is 2.35. The molecular weight excluding hydrogens is 374 g/mol. The second-order valence-electron chi connectivity index (χ2n) is 5.03. The van der Waals surface area contributed by atoms with Crippen molar-refractivity contribution in [3.05, 3.63) is 11.1 Å². The lowest BCUT2D eigenvalue weighted by Crippen LogP contribution is -2.34. The molecule has 0 unspecified atom stereocenters. The molecule has 11 heteroatoms. The maximum absolute atomic E-state index is 10.9. The van der Waals surface area contributed by atoms with Crippen molar-refractivity contribution in [2.75, 3.05) is 12.3 Å². The number of aliphatic hydroxyl groups is 2. The van der Waals surface area contributed by atoms with Gasteiger partial charge >= 0.3 is 5.97 Å². The Bertz CT molecular complexity index is 753. The van der Waals surface area contributed by atoms with Gasteiger partial charge in [0.25, 0.3) is 0 Å². The molecule has 1 aliphatic rings. The highest BCUT2D eigenvalue weighted by Gasteiger charge is 2.45. The van der Waals surface area contributed by atoms with Gasteiger partial charge in [0.2, 0.25) is 0 Å². The van der Waals surface area contributed by atoms with Crippen LogP contribution in [0.2, 0.25) is 0 Å². The smallest absolute Gasteiger partial charge is 0.302 e. The third kappa shape index (κ3) is 2.76. The normalized spacial score (nSPS) is 27.5. The fourth-order valence-electron chi connectivity index (χ4n) is 2.40. The molecule has 0 radical (unpaired) electrons. The standard InChI is InChI=1S/C12H14BrN5O5/c1-4(19)22-2-5-7(20)8(21)11(23-5)18-10-6(17-12(18)13)9(14)15-3-16-10/h3,5,7-8,11,20-21H,2H2,1H3,(H2,14,15,16)/t5-,7-,8+,11-/m1/s1. The van der Waals surface area contributed by atoms with Crippen molar-refractivity contribution < 1.29 is 24.5 Å². The number of halogens is 1. The predicted octanol–water partition coefficient (Wildman–Crippen LogP) is -0.647. The molecule has 1 fully saturated rings. The van der Waals surface area contributed by atoms with E-state index in [9.17, 15) is 15.0 Å². The number of hydrogen-bond acceptors (Lipinski definition) is 9. The Morgan fingerprint density at radius 3 is 2.91 bits per heavy atom. The van der Waals surface area contributed by atoms with Gasteiger partial charge < -0.3 is 25.4 Å². The van der Waals surface area contributed by atoms with E-state index in [4.69, 9.17) is 15.2 Å². The lowest BCUT2D eigenvalue weighted by molar-refractivity contribution is -0.147. The minimum atomic E-state index is -1.26. The SMILES string of the molecule is CC(=O)OC[C@H]1O[C@@H](n2c(Br)nc3c(N)ncnc32)[C@@H](O)[C@@H]1O. The molecule has 10 nitrogen and oxygen atoms in total. The summed E-state index contributed by atoms with van der Waals surface area (Å²) < 4.78 is 12.2. The third-order valence-electron chi connectivity index (χ3n) is 3.50. The molecule has 4 atom stereocenters. The Kier molecular flexibility index (Phi) is 4.19. The number of ether oxygens (including phenoxy) is 2. The van der Waals surface area contributed by atoms with Gasteiger partial charge in [0, 0.05) is 6.92 Å². The van der Waals surface area contributed by atoms with Crippen molar-refractivity contribution in [2.45, 2.75) is 31.5 Å². The number of hydrogen-bond donors (Lipinski definition) is 3. The number of anilines is 1. The van der Waals surface area contributed by atoms with Crippen LogP contribution in [0.15, 0.2) is 11.1 Å². The van der Waals surface area contributed by atoms with E-state index < -0.39 is 30.5 Å². The summed E-state index contributed by atoms with van der Waals surface area (Å²) in [6.07, 6.45) is -3.08. The summed E-state index contributed by atoms with van der Waals surface area (Å²) in [5, 5.41) is 20.3. The summed E-state index contributed by atoms with van der Waals surface area (Å²) in [4.78, 5) is 23.0. The molecule has 0 spiro atoms. The van der Waals surface area contributed by atoms with Crippen LogP contribution in [-0.4, -0.2) is 60.6 Å². The van der Waals surface area contributed by atoms with Gasteiger partial charge in [-0.05, 0) is 15.9 Å². The average molecular weight is 388 g/mol. The first-order valence-corrected chi connectivity index (χ1v) is 7.48. The number of esters is 1. The van der Waals surface area contributed by atoms with E-state index in [1.165, 1.54) is 17.8 Å². The van der Waals surface area contributed by atoms with Gasteiger partial charge in [-0.2, -0.15) is 0 Å². The fraction of sp³-hybridized carbons (Fsp3) is 0.500. The van der Waals surface area contributed by atoms with Gasteiger partial charge in [-0.1, -0.05) is 0 Å². The Morgan fingerprint density at radius 2 is 2.22 bits per heavy atom. The molecule has 4 N–H and O–H groups in total. The first-order valence-electron chi connectivity index (χ1n) is 6.69. The maximum Gasteiger partial charge on any atom is 0.302 e. The van der Waals surface area contributed by atoms with Crippen molar-refractivity contribution in [3.8, 4) is 0 Å². The summed E-state index contributed by atoms with van der Waals surface area (Å²) in [5.41, 5.74) is 6.43. The molecule has 0 amide bonds. The van der Waals surface area contributed by atoms with Gasteiger partial charge in [0.05, 0.1) is 0 Å². The van der Waals surface area contributed by atoms with Crippen LogP contribution in [0.3, 0.4) is 0 Å². The molecule has 124 valence electrons. The number of carbonyl (C=O) groups excluding carboxylic acids is 1. The maximum atomic E-state index is 10.9. The van der Waals surface area contributed by atoms with Crippen LogP contribution in [-0.2, 0) is 14.3 Å². The molecule has 2 aromatic heterocycles. The molecule has 3 rings (SSSR count). The lowest BCUT2D eigenvalue weighted by atomic mass is 10.1. The molecule has 23 heavy (non-hydrogen) atoms. The minimum absolute atomic E-state index is 0.175. The van der Waals surface area contributed by atoms with E-state index in [1.54, 1.807) is 0 Å². The summed E-state index contributed by atoms with van der Waals surface area (Å²) in [6.45, 7) is 1.07. The number of nitrogen functional groups attached to an aromatic ring is 1. The number of imidazole rings is 1. The van der Waals surface area contributed by atoms with Gasteiger partial charge in [-0.15, -0.1) is 0 Å². The van der Waals surface area contributed by atoms with E-state index in [0.29, 0.717) is 15.9 Å². The van der Waals surface area contributed by atoms with Crippen molar-refractivity contribution in [1.82, 2.24) is 19.5 Å². The van der Waals surface area contributed by atoms with Gasteiger partial charge in [0.1, 0.15) is 31.2 Å². The molecule has 1 saturated heterocycles. The summed E-state index contributed by atoms with van der Waals surface area (Å²) in [6, 6.07) is 0. The van der Waals surface area contributed by atoms with E-state index in [1.807, 2.05) is 0 Å². The summed E-state index contributed by atoms with van der Waals surface area (Å²) in [7, 11) is 0. The highest BCUT2D eigenvalue weighted by molar-refractivity contribution is 9.10. The summed E-state index contributed by atoms with van der Waals surface area (Å²) >= 11 is 3.25. The van der Waals surface area contributed by atoms with Gasteiger partial charge in [-0.25, -0.2) is 15.0 Å². The molecule has 3 heterocycles. The van der Waals surface area contributed by atoms with Crippen LogP contribution < -0.4 is 5.73 Å². The highest BCUT2D eigenvalue weighted by atomic mass is 79.9.